The molecule has 0 saturated carbocycles. The van der Waals surface area contributed by atoms with Gasteiger partial charge < -0.3 is 10.6 Å². The molecule has 0 aliphatic rings. The highest BCUT2D eigenvalue weighted by Gasteiger charge is 2.06. The first-order valence-corrected chi connectivity index (χ1v) is 9.24. The fourth-order valence-corrected chi connectivity index (χ4v) is 2.77. The molecule has 2 heterocycles. The molecule has 0 aliphatic heterocycles. The van der Waals surface area contributed by atoms with Gasteiger partial charge >= 0.3 is 0 Å². The molecule has 0 bridgehead atoms. The Bertz CT molecular complexity index is 1060. The van der Waals surface area contributed by atoms with Crippen molar-refractivity contribution in [1.29, 1.82) is 0 Å². The molecule has 138 valence electrons. The third-order valence-corrected chi connectivity index (χ3v) is 4.44. The Morgan fingerprint density at radius 1 is 0.893 bits per heavy atom. The second kappa shape index (κ2) is 8.01. The van der Waals surface area contributed by atoms with Crippen molar-refractivity contribution in [1.82, 2.24) is 20.0 Å². The fraction of sp³-hybridized carbons (Fsp3) is 0. The fourth-order valence-electron chi connectivity index (χ4n) is 2.51. The second-order valence-electron chi connectivity index (χ2n) is 5.89. The molecule has 4 aromatic rings. The Morgan fingerprint density at radius 2 is 1.64 bits per heavy atom. The number of carbonyl (C=O) groups excluding carboxylic acids is 1. The first-order chi connectivity index (χ1) is 13.7. The van der Waals surface area contributed by atoms with E-state index in [1.807, 2.05) is 54.6 Å². The Morgan fingerprint density at radius 3 is 2.29 bits per heavy atom. The SMILES string of the molecule is O=C(Nc1ccc(Nc2ccc(-n3cccn3)nn2)cc1)c1ccc(Br)cc1. The Kier molecular flexibility index (Phi) is 5.11. The number of amides is 1. The summed E-state index contributed by atoms with van der Waals surface area (Å²) in [6.45, 7) is 0. The average Bonchev–Trinajstić information content (AvgIpc) is 3.25. The molecule has 0 unspecified atom stereocenters. The van der Waals surface area contributed by atoms with Gasteiger partial charge in [-0.15, -0.1) is 10.2 Å². The van der Waals surface area contributed by atoms with E-state index in [1.165, 1.54) is 0 Å². The van der Waals surface area contributed by atoms with E-state index in [-0.39, 0.29) is 5.91 Å². The lowest BCUT2D eigenvalue weighted by molar-refractivity contribution is 0.102. The van der Waals surface area contributed by atoms with Crippen molar-refractivity contribution in [3.8, 4) is 5.82 Å². The van der Waals surface area contributed by atoms with E-state index in [2.05, 4.69) is 41.9 Å². The highest BCUT2D eigenvalue weighted by Crippen LogP contribution is 2.19. The summed E-state index contributed by atoms with van der Waals surface area (Å²) in [5.74, 6) is 1.09. The molecule has 0 aliphatic carbocycles. The molecule has 28 heavy (non-hydrogen) atoms. The quantitative estimate of drug-likeness (QED) is 0.485. The number of nitrogens with one attached hydrogen (secondary N) is 2. The number of anilines is 3. The summed E-state index contributed by atoms with van der Waals surface area (Å²) < 4.78 is 2.57. The summed E-state index contributed by atoms with van der Waals surface area (Å²) in [6.07, 6.45) is 3.49. The second-order valence-corrected chi connectivity index (χ2v) is 6.81. The van der Waals surface area contributed by atoms with Crippen molar-refractivity contribution in [3.63, 3.8) is 0 Å². The molecule has 1 amide bonds. The van der Waals surface area contributed by atoms with Crippen LogP contribution in [-0.4, -0.2) is 25.9 Å². The minimum absolute atomic E-state index is 0.159. The van der Waals surface area contributed by atoms with E-state index in [0.29, 0.717) is 22.9 Å². The van der Waals surface area contributed by atoms with Crippen LogP contribution in [0, 0.1) is 0 Å². The van der Waals surface area contributed by atoms with Crippen molar-refractivity contribution in [3.05, 3.63) is 89.2 Å². The minimum Gasteiger partial charge on any atom is -0.339 e. The van der Waals surface area contributed by atoms with Gasteiger partial charge in [-0.25, -0.2) is 4.68 Å². The summed E-state index contributed by atoms with van der Waals surface area (Å²) >= 11 is 3.36. The van der Waals surface area contributed by atoms with Crippen LogP contribution in [0.3, 0.4) is 0 Å². The lowest BCUT2D eigenvalue weighted by Gasteiger charge is -2.08. The van der Waals surface area contributed by atoms with Crippen LogP contribution < -0.4 is 10.6 Å². The van der Waals surface area contributed by atoms with Crippen molar-refractivity contribution < 1.29 is 4.79 Å². The molecular weight excluding hydrogens is 420 g/mol. The molecule has 2 aromatic carbocycles. The maximum Gasteiger partial charge on any atom is 0.255 e. The van der Waals surface area contributed by atoms with Crippen molar-refractivity contribution in [2.45, 2.75) is 0 Å². The van der Waals surface area contributed by atoms with Gasteiger partial charge in [-0.2, -0.15) is 5.10 Å². The molecule has 0 spiro atoms. The van der Waals surface area contributed by atoms with E-state index in [1.54, 1.807) is 29.2 Å². The third kappa shape index (κ3) is 4.24. The van der Waals surface area contributed by atoms with Gasteiger partial charge in [-0.1, -0.05) is 15.9 Å². The molecule has 0 fully saturated rings. The van der Waals surface area contributed by atoms with Crippen LogP contribution in [0.5, 0.6) is 0 Å². The Balaban J connectivity index is 1.39. The van der Waals surface area contributed by atoms with Gasteiger partial charge in [-0.3, -0.25) is 4.79 Å². The summed E-state index contributed by atoms with van der Waals surface area (Å²) in [5, 5.41) is 18.5. The summed E-state index contributed by atoms with van der Waals surface area (Å²) in [5.41, 5.74) is 2.14. The van der Waals surface area contributed by atoms with Gasteiger partial charge in [0.2, 0.25) is 0 Å². The monoisotopic (exact) mass is 434 g/mol. The first kappa shape index (κ1) is 17.9. The third-order valence-electron chi connectivity index (χ3n) is 3.91. The van der Waals surface area contributed by atoms with Crippen LogP contribution in [-0.2, 0) is 0 Å². The zero-order valence-corrected chi connectivity index (χ0v) is 16.2. The number of halogens is 1. The van der Waals surface area contributed by atoms with Crippen LogP contribution in [0.4, 0.5) is 17.2 Å². The van der Waals surface area contributed by atoms with Crippen LogP contribution in [0.15, 0.2) is 83.6 Å². The predicted molar refractivity (Wildman–Crippen MR) is 111 cm³/mol. The van der Waals surface area contributed by atoms with Crippen molar-refractivity contribution in [2.75, 3.05) is 10.6 Å². The van der Waals surface area contributed by atoms with E-state index < -0.39 is 0 Å². The molecular formula is C20H15BrN6O. The van der Waals surface area contributed by atoms with E-state index in [4.69, 9.17) is 0 Å². The van der Waals surface area contributed by atoms with Crippen LogP contribution >= 0.6 is 15.9 Å². The highest BCUT2D eigenvalue weighted by atomic mass is 79.9. The number of aromatic nitrogens is 4. The summed E-state index contributed by atoms with van der Waals surface area (Å²) in [6, 6.07) is 20.0. The van der Waals surface area contributed by atoms with E-state index >= 15 is 0 Å². The maximum absolute atomic E-state index is 12.3. The Labute approximate surface area is 169 Å². The zero-order chi connectivity index (χ0) is 19.3. The topological polar surface area (TPSA) is 84.7 Å². The Hall–Kier alpha value is -3.52. The zero-order valence-electron chi connectivity index (χ0n) is 14.6. The number of carbonyl (C=O) groups is 1. The number of benzene rings is 2. The van der Waals surface area contributed by atoms with E-state index in [0.717, 1.165) is 10.2 Å². The van der Waals surface area contributed by atoms with Gasteiger partial charge in [0.15, 0.2) is 11.6 Å². The largest absolute Gasteiger partial charge is 0.339 e. The van der Waals surface area contributed by atoms with Gasteiger partial charge in [0, 0.05) is 33.8 Å². The van der Waals surface area contributed by atoms with Gasteiger partial charge in [-0.05, 0) is 66.7 Å². The normalized spacial score (nSPS) is 10.5. The lowest BCUT2D eigenvalue weighted by Crippen LogP contribution is -2.11. The predicted octanol–water partition coefficient (Wildman–Crippen LogP) is 4.42. The van der Waals surface area contributed by atoms with Crippen LogP contribution in [0.2, 0.25) is 0 Å². The van der Waals surface area contributed by atoms with Crippen molar-refractivity contribution >= 4 is 39.0 Å². The minimum atomic E-state index is -0.159. The molecule has 7 nitrogen and oxygen atoms in total. The van der Waals surface area contributed by atoms with Gasteiger partial charge in [0.25, 0.3) is 5.91 Å². The number of nitrogens with zero attached hydrogens (tertiary/aromatic N) is 4. The smallest absolute Gasteiger partial charge is 0.255 e. The van der Waals surface area contributed by atoms with Gasteiger partial charge in [0.1, 0.15) is 0 Å². The molecule has 0 atom stereocenters. The molecule has 2 aromatic heterocycles. The summed E-state index contributed by atoms with van der Waals surface area (Å²) in [4.78, 5) is 12.3. The number of rotatable bonds is 5. The van der Waals surface area contributed by atoms with Crippen LogP contribution in [0.25, 0.3) is 5.82 Å². The molecule has 2 N–H and O–H groups in total. The molecule has 0 radical (unpaired) electrons. The number of hydrogen-bond acceptors (Lipinski definition) is 5. The molecule has 4 rings (SSSR count). The first-order valence-electron chi connectivity index (χ1n) is 8.45. The molecule has 0 saturated heterocycles. The molecule has 8 heteroatoms. The van der Waals surface area contributed by atoms with Crippen LogP contribution in [0.1, 0.15) is 10.4 Å². The average molecular weight is 435 g/mol. The number of hydrogen-bond donors (Lipinski definition) is 2. The van der Waals surface area contributed by atoms with Gasteiger partial charge in [0.05, 0.1) is 0 Å². The standard InChI is InChI=1S/C20H15BrN6O/c21-15-4-2-14(3-5-15)20(28)24-17-8-6-16(7-9-17)23-18-10-11-19(26-25-18)27-13-1-12-22-27/h1-13H,(H,23,25)(H,24,28). The lowest BCUT2D eigenvalue weighted by atomic mass is 10.2. The van der Waals surface area contributed by atoms with Crippen molar-refractivity contribution in [2.24, 2.45) is 0 Å². The summed E-state index contributed by atoms with van der Waals surface area (Å²) in [7, 11) is 0. The van der Waals surface area contributed by atoms with E-state index in [9.17, 15) is 4.79 Å². The maximum atomic E-state index is 12.3. The highest BCUT2D eigenvalue weighted by molar-refractivity contribution is 9.10.